The van der Waals surface area contributed by atoms with E-state index < -0.39 is 9.84 Å². The minimum absolute atomic E-state index is 0.279. The average molecular weight is 243 g/mol. The summed E-state index contributed by atoms with van der Waals surface area (Å²) in [5, 5.41) is 3.09. The third-order valence-electron chi connectivity index (χ3n) is 2.79. The first-order valence-electron chi connectivity index (χ1n) is 5.52. The van der Waals surface area contributed by atoms with Gasteiger partial charge in [0.15, 0.2) is 9.84 Å². The SMILES string of the molecule is O=S(=O)(CCCn1ccnc1)CC1CNC1. The van der Waals surface area contributed by atoms with Gasteiger partial charge in [0.25, 0.3) is 0 Å². The number of aromatic nitrogens is 2. The molecule has 2 rings (SSSR count). The van der Waals surface area contributed by atoms with Crippen LogP contribution in [0.3, 0.4) is 0 Å². The quantitative estimate of drug-likeness (QED) is 0.758. The predicted molar refractivity (Wildman–Crippen MR) is 61.9 cm³/mol. The van der Waals surface area contributed by atoms with E-state index in [2.05, 4.69) is 10.3 Å². The largest absolute Gasteiger partial charge is 0.337 e. The van der Waals surface area contributed by atoms with Gasteiger partial charge < -0.3 is 9.88 Å². The van der Waals surface area contributed by atoms with Crippen LogP contribution < -0.4 is 5.32 Å². The molecular formula is C10H17N3O2S. The highest BCUT2D eigenvalue weighted by atomic mass is 32.2. The minimum Gasteiger partial charge on any atom is -0.337 e. The van der Waals surface area contributed by atoms with Crippen molar-refractivity contribution in [1.82, 2.24) is 14.9 Å². The summed E-state index contributed by atoms with van der Waals surface area (Å²) in [6.07, 6.45) is 5.93. The Bertz CT molecular complexity index is 409. The number of rotatable bonds is 6. The van der Waals surface area contributed by atoms with Crippen molar-refractivity contribution in [1.29, 1.82) is 0 Å². The molecule has 1 aliphatic heterocycles. The number of nitrogens with zero attached hydrogens (tertiary/aromatic N) is 2. The normalized spacial score (nSPS) is 17.2. The molecule has 0 aromatic carbocycles. The fourth-order valence-corrected chi connectivity index (χ4v) is 3.48. The van der Waals surface area contributed by atoms with Gasteiger partial charge in [0.2, 0.25) is 0 Å². The summed E-state index contributed by atoms with van der Waals surface area (Å²) in [6.45, 7) is 2.42. The molecule has 0 unspecified atom stereocenters. The van der Waals surface area contributed by atoms with Crippen LogP contribution in [0.1, 0.15) is 6.42 Å². The molecular weight excluding hydrogens is 226 g/mol. The Kier molecular flexibility index (Phi) is 3.60. The van der Waals surface area contributed by atoms with Gasteiger partial charge in [-0.3, -0.25) is 0 Å². The zero-order valence-electron chi connectivity index (χ0n) is 9.17. The Hall–Kier alpha value is -0.880. The highest BCUT2D eigenvalue weighted by molar-refractivity contribution is 7.91. The lowest BCUT2D eigenvalue weighted by atomic mass is 10.1. The van der Waals surface area contributed by atoms with Gasteiger partial charge in [-0.1, -0.05) is 0 Å². The molecule has 2 heterocycles. The van der Waals surface area contributed by atoms with Crippen LogP contribution in [0.5, 0.6) is 0 Å². The summed E-state index contributed by atoms with van der Waals surface area (Å²) >= 11 is 0. The van der Waals surface area contributed by atoms with Crippen LogP contribution in [0.4, 0.5) is 0 Å². The maximum absolute atomic E-state index is 11.7. The van der Waals surface area contributed by atoms with E-state index in [-0.39, 0.29) is 5.75 Å². The number of aryl methyl sites for hydroxylation is 1. The van der Waals surface area contributed by atoms with Crippen molar-refractivity contribution in [2.45, 2.75) is 13.0 Å². The van der Waals surface area contributed by atoms with E-state index in [1.165, 1.54) is 0 Å². The highest BCUT2D eigenvalue weighted by Gasteiger charge is 2.23. The lowest BCUT2D eigenvalue weighted by Gasteiger charge is -2.26. The second kappa shape index (κ2) is 4.97. The van der Waals surface area contributed by atoms with Crippen molar-refractivity contribution in [3.05, 3.63) is 18.7 Å². The second-order valence-corrected chi connectivity index (χ2v) is 6.52. The van der Waals surface area contributed by atoms with Gasteiger partial charge in [-0.05, 0) is 12.3 Å². The number of hydrogen-bond acceptors (Lipinski definition) is 4. The molecule has 90 valence electrons. The van der Waals surface area contributed by atoms with Gasteiger partial charge in [0, 0.05) is 32.0 Å². The Morgan fingerprint density at radius 1 is 1.44 bits per heavy atom. The zero-order chi connectivity index (χ0) is 11.4. The topological polar surface area (TPSA) is 64.0 Å². The molecule has 1 aromatic heterocycles. The van der Waals surface area contributed by atoms with Crippen molar-refractivity contribution in [2.75, 3.05) is 24.6 Å². The Morgan fingerprint density at radius 2 is 2.25 bits per heavy atom. The van der Waals surface area contributed by atoms with E-state index in [1.54, 1.807) is 12.5 Å². The molecule has 0 saturated carbocycles. The summed E-state index contributed by atoms with van der Waals surface area (Å²) in [7, 11) is -2.87. The Morgan fingerprint density at radius 3 is 2.81 bits per heavy atom. The van der Waals surface area contributed by atoms with E-state index >= 15 is 0 Å². The Balaban J connectivity index is 1.71. The van der Waals surface area contributed by atoms with Crippen LogP contribution in [-0.4, -0.2) is 42.6 Å². The van der Waals surface area contributed by atoms with Gasteiger partial charge in [-0.2, -0.15) is 0 Å². The first-order valence-corrected chi connectivity index (χ1v) is 7.35. The van der Waals surface area contributed by atoms with Crippen LogP contribution in [0, 0.1) is 5.92 Å². The highest BCUT2D eigenvalue weighted by Crippen LogP contribution is 2.08. The summed E-state index contributed by atoms with van der Waals surface area (Å²) in [5.74, 6) is 0.948. The van der Waals surface area contributed by atoms with Gasteiger partial charge in [-0.25, -0.2) is 13.4 Å². The fraction of sp³-hybridized carbons (Fsp3) is 0.700. The first-order chi connectivity index (χ1) is 7.66. The molecule has 1 aromatic rings. The fourth-order valence-electron chi connectivity index (χ4n) is 1.79. The van der Waals surface area contributed by atoms with Gasteiger partial charge in [0.05, 0.1) is 17.8 Å². The predicted octanol–water partition coefficient (Wildman–Crippen LogP) is -0.0926. The molecule has 0 atom stereocenters. The summed E-state index contributed by atoms with van der Waals surface area (Å²) < 4.78 is 25.3. The van der Waals surface area contributed by atoms with Gasteiger partial charge in [-0.15, -0.1) is 0 Å². The van der Waals surface area contributed by atoms with Crippen molar-refractivity contribution in [3.8, 4) is 0 Å². The van der Waals surface area contributed by atoms with Crippen molar-refractivity contribution < 1.29 is 8.42 Å². The van der Waals surface area contributed by atoms with Crippen LogP contribution in [0.2, 0.25) is 0 Å². The van der Waals surface area contributed by atoms with Crippen molar-refractivity contribution in [3.63, 3.8) is 0 Å². The van der Waals surface area contributed by atoms with E-state index in [0.29, 0.717) is 18.1 Å². The third-order valence-corrected chi connectivity index (χ3v) is 4.68. The number of nitrogens with one attached hydrogen (secondary N) is 1. The van der Waals surface area contributed by atoms with E-state index in [1.807, 2.05) is 10.8 Å². The second-order valence-electron chi connectivity index (χ2n) is 4.29. The monoisotopic (exact) mass is 243 g/mol. The van der Waals surface area contributed by atoms with Crippen LogP contribution in [0.15, 0.2) is 18.7 Å². The smallest absolute Gasteiger partial charge is 0.150 e. The van der Waals surface area contributed by atoms with Crippen LogP contribution in [-0.2, 0) is 16.4 Å². The van der Waals surface area contributed by atoms with E-state index in [4.69, 9.17) is 0 Å². The third kappa shape index (κ3) is 3.31. The molecule has 1 aliphatic rings. The van der Waals surface area contributed by atoms with Crippen LogP contribution >= 0.6 is 0 Å². The van der Waals surface area contributed by atoms with Crippen molar-refractivity contribution in [2.24, 2.45) is 5.92 Å². The zero-order valence-corrected chi connectivity index (χ0v) is 9.99. The van der Waals surface area contributed by atoms with Gasteiger partial charge >= 0.3 is 0 Å². The number of imidazole rings is 1. The maximum Gasteiger partial charge on any atom is 0.150 e. The molecule has 5 nitrogen and oxygen atoms in total. The number of hydrogen-bond donors (Lipinski definition) is 1. The Labute approximate surface area is 95.8 Å². The minimum atomic E-state index is -2.87. The van der Waals surface area contributed by atoms with Crippen LogP contribution in [0.25, 0.3) is 0 Å². The molecule has 6 heteroatoms. The summed E-state index contributed by atoms with van der Waals surface area (Å²) in [6, 6.07) is 0. The lowest BCUT2D eigenvalue weighted by Crippen LogP contribution is -2.45. The molecule has 0 spiro atoms. The standard InChI is InChI=1S/C10H17N3O2S/c14-16(15,8-10-6-12-7-10)5-1-3-13-4-2-11-9-13/h2,4,9-10,12H,1,3,5-8H2. The maximum atomic E-state index is 11.7. The molecule has 1 fully saturated rings. The van der Waals surface area contributed by atoms with Gasteiger partial charge in [0.1, 0.15) is 0 Å². The van der Waals surface area contributed by atoms with E-state index in [9.17, 15) is 8.42 Å². The molecule has 0 amide bonds. The molecule has 0 aliphatic carbocycles. The molecule has 1 saturated heterocycles. The molecule has 1 N–H and O–H groups in total. The first kappa shape index (κ1) is 11.6. The molecule has 16 heavy (non-hydrogen) atoms. The van der Waals surface area contributed by atoms with Crippen molar-refractivity contribution >= 4 is 9.84 Å². The summed E-state index contributed by atoms with van der Waals surface area (Å²) in [4.78, 5) is 3.91. The number of sulfone groups is 1. The average Bonchev–Trinajstić information content (AvgIpc) is 2.64. The lowest BCUT2D eigenvalue weighted by molar-refractivity contribution is 0.378. The molecule has 0 radical (unpaired) electrons. The molecule has 0 bridgehead atoms. The summed E-state index contributed by atoms with van der Waals surface area (Å²) in [5.41, 5.74) is 0. The van der Waals surface area contributed by atoms with E-state index in [0.717, 1.165) is 19.6 Å².